The van der Waals surface area contributed by atoms with Crippen molar-refractivity contribution in [1.82, 2.24) is 4.98 Å². The zero-order chi connectivity index (χ0) is 17.3. The maximum Gasteiger partial charge on any atom is 0.0353 e. The molecule has 0 amide bonds. The van der Waals surface area contributed by atoms with E-state index in [1.165, 1.54) is 49.4 Å². The molecule has 1 nitrogen and oxygen atoms in total. The molecule has 0 N–H and O–H groups in total. The van der Waals surface area contributed by atoms with Gasteiger partial charge in [-0.2, -0.15) is 0 Å². The summed E-state index contributed by atoms with van der Waals surface area (Å²) in [6.45, 7) is 6.84. The number of rotatable bonds is 0. The fraction of sp³-hybridized carbons (Fsp3) is 0.174. The van der Waals surface area contributed by atoms with Gasteiger partial charge in [-0.25, -0.2) is 0 Å². The van der Waals surface area contributed by atoms with Crippen molar-refractivity contribution < 1.29 is 0 Å². The van der Waals surface area contributed by atoms with Crippen LogP contribution in [-0.4, -0.2) is 4.98 Å². The van der Waals surface area contributed by atoms with Gasteiger partial charge in [0.2, 0.25) is 0 Å². The fourth-order valence-corrected chi connectivity index (χ4v) is 4.98. The number of pyridine rings is 1. The van der Waals surface area contributed by atoms with Crippen LogP contribution in [0.3, 0.4) is 0 Å². The predicted molar refractivity (Wildman–Crippen MR) is 109 cm³/mol. The van der Waals surface area contributed by atoms with E-state index in [1.54, 1.807) is 0 Å². The van der Waals surface area contributed by atoms with Crippen molar-refractivity contribution in [3.63, 3.8) is 0 Å². The molecule has 5 rings (SSSR count). The lowest BCUT2D eigenvalue weighted by molar-refractivity contribution is 0.645. The third-order valence-electron chi connectivity index (χ3n) is 5.75. The quantitative estimate of drug-likeness (QED) is 0.324. The number of nitrogens with zero attached hydrogens (tertiary/aromatic N) is 1. The van der Waals surface area contributed by atoms with Crippen LogP contribution in [0.4, 0.5) is 0 Å². The number of hydrogen-bond donors (Lipinski definition) is 0. The van der Waals surface area contributed by atoms with E-state index in [9.17, 15) is 0 Å². The van der Waals surface area contributed by atoms with Gasteiger partial charge in [-0.1, -0.05) is 66.2 Å². The standard InChI is InChI=1S/C23H18BrN/c1-13-8-9-18-22-16(13)11-25-12-17(22)21-15-7-5-4-6-14(15)20(24)10-19(21)23(18,2)3/h4-12H,1-3H3. The summed E-state index contributed by atoms with van der Waals surface area (Å²) in [6.07, 6.45) is 4.06. The second-order valence-corrected chi connectivity index (χ2v) is 8.35. The third-order valence-corrected chi connectivity index (χ3v) is 6.41. The van der Waals surface area contributed by atoms with Crippen LogP contribution in [-0.2, 0) is 5.41 Å². The van der Waals surface area contributed by atoms with Crippen LogP contribution in [0.1, 0.15) is 30.5 Å². The average molecular weight is 388 g/mol. The second kappa shape index (κ2) is 4.92. The number of fused-ring (bicyclic) bond motifs is 4. The SMILES string of the molecule is Cc1ccc2c3c(cncc13)-c1c(cc(Br)c3ccccc13)C2(C)C. The van der Waals surface area contributed by atoms with Gasteiger partial charge in [0.15, 0.2) is 0 Å². The van der Waals surface area contributed by atoms with E-state index < -0.39 is 0 Å². The summed E-state index contributed by atoms with van der Waals surface area (Å²) in [4.78, 5) is 4.58. The Morgan fingerprint density at radius 3 is 2.44 bits per heavy atom. The highest BCUT2D eigenvalue weighted by Crippen LogP contribution is 2.52. The molecule has 3 aromatic carbocycles. The molecule has 1 heterocycles. The molecule has 0 spiro atoms. The lowest BCUT2D eigenvalue weighted by Crippen LogP contribution is -2.24. The Kier molecular flexibility index (Phi) is 2.97. The lowest BCUT2D eigenvalue weighted by Gasteiger charge is -2.36. The highest BCUT2D eigenvalue weighted by molar-refractivity contribution is 9.10. The van der Waals surface area contributed by atoms with Gasteiger partial charge < -0.3 is 0 Å². The topological polar surface area (TPSA) is 12.9 Å². The largest absolute Gasteiger partial charge is 0.263 e. The number of aromatic nitrogens is 1. The first-order valence-corrected chi connectivity index (χ1v) is 9.39. The summed E-state index contributed by atoms with van der Waals surface area (Å²) in [5.74, 6) is 0. The highest BCUT2D eigenvalue weighted by atomic mass is 79.9. The first kappa shape index (κ1) is 15.1. The molecule has 0 saturated carbocycles. The van der Waals surface area contributed by atoms with Crippen LogP contribution in [0, 0.1) is 6.92 Å². The Morgan fingerprint density at radius 2 is 1.64 bits per heavy atom. The molecule has 0 radical (unpaired) electrons. The minimum atomic E-state index is -0.0534. The van der Waals surface area contributed by atoms with Gasteiger partial charge in [0, 0.05) is 33.2 Å². The van der Waals surface area contributed by atoms with Gasteiger partial charge in [0.1, 0.15) is 0 Å². The van der Waals surface area contributed by atoms with Crippen molar-refractivity contribution >= 4 is 37.5 Å². The number of benzene rings is 3. The fourth-order valence-electron chi connectivity index (χ4n) is 4.40. The summed E-state index contributed by atoms with van der Waals surface area (Å²) < 4.78 is 1.16. The number of aryl methyl sites for hydroxylation is 1. The molecular formula is C23H18BrN. The van der Waals surface area contributed by atoms with Crippen LogP contribution in [0.2, 0.25) is 0 Å². The van der Waals surface area contributed by atoms with E-state index >= 15 is 0 Å². The summed E-state index contributed by atoms with van der Waals surface area (Å²) in [5, 5.41) is 5.17. The third kappa shape index (κ3) is 1.86. The van der Waals surface area contributed by atoms with Crippen molar-refractivity contribution in [2.45, 2.75) is 26.2 Å². The van der Waals surface area contributed by atoms with Crippen LogP contribution in [0.25, 0.3) is 32.7 Å². The normalized spacial score (nSPS) is 14.7. The summed E-state index contributed by atoms with van der Waals surface area (Å²) >= 11 is 3.80. The molecule has 0 atom stereocenters. The molecule has 4 aromatic rings. The molecule has 1 aliphatic rings. The van der Waals surface area contributed by atoms with Crippen molar-refractivity contribution in [3.05, 3.63) is 76.0 Å². The average Bonchev–Trinajstić information content (AvgIpc) is 2.61. The monoisotopic (exact) mass is 387 g/mol. The van der Waals surface area contributed by atoms with E-state index in [0.717, 1.165) is 4.47 Å². The van der Waals surface area contributed by atoms with Gasteiger partial charge >= 0.3 is 0 Å². The maximum atomic E-state index is 4.58. The minimum Gasteiger partial charge on any atom is -0.263 e. The van der Waals surface area contributed by atoms with E-state index in [4.69, 9.17) is 0 Å². The molecule has 0 saturated heterocycles. The van der Waals surface area contributed by atoms with Gasteiger partial charge in [-0.15, -0.1) is 0 Å². The maximum absolute atomic E-state index is 4.58. The van der Waals surface area contributed by atoms with Crippen molar-refractivity contribution in [2.24, 2.45) is 0 Å². The van der Waals surface area contributed by atoms with Gasteiger partial charge in [0.05, 0.1) is 0 Å². The van der Waals surface area contributed by atoms with Gasteiger partial charge in [-0.05, 0) is 51.4 Å². The molecule has 2 heteroatoms. The van der Waals surface area contributed by atoms with E-state index in [2.05, 4.69) is 84.1 Å². The predicted octanol–water partition coefficient (Wildman–Crippen LogP) is 6.77. The Labute approximate surface area is 155 Å². The molecule has 1 aromatic heterocycles. The molecular weight excluding hydrogens is 370 g/mol. The summed E-state index contributed by atoms with van der Waals surface area (Å²) in [5.41, 5.74) is 6.58. The minimum absolute atomic E-state index is 0.0534. The zero-order valence-electron chi connectivity index (χ0n) is 14.5. The molecule has 0 fully saturated rings. The van der Waals surface area contributed by atoms with Crippen molar-refractivity contribution in [1.29, 1.82) is 0 Å². The van der Waals surface area contributed by atoms with Crippen LogP contribution < -0.4 is 0 Å². The van der Waals surface area contributed by atoms with Crippen LogP contribution in [0.15, 0.2) is 59.3 Å². The summed E-state index contributed by atoms with van der Waals surface area (Å²) in [6, 6.07) is 15.5. The molecule has 0 aliphatic heterocycles. The lowest BCUT2D eigenvalue weighted by atomic mass is 9.67. The van der Waals surface area contributed by atoms with E-state index in [1.807, 2.05) is 12.4 Å². The Bertz CT molecular complexity index is 1190. The Balaban J connectivity index is 2.10. The van der Waals surface area contributed by atoms with Crippen LogP contribution >= 0.6 is 15.9 Å². The van der Waals surface area contributed by atoms with E-state index in [0.29, 0.717) is 0 Å². The highest BCUT2D eigenvalue weighted by Gasteiger charge is 2.35. The molecule has 0 bridgehead atoms. The van der Waals surface area contributed by atoms with Crippen molar-refractivity contribution in [2.75, 3.05) is 0 Å². The number of halogens is 1. The molecule has 0 unspecified atom stereocenters. The first-order chi connectivity index (χ1) is 12.0. The molecule has 25 heavy (non-hydrogen) atoms. The van der Waals surface area contributed by atoms with Gasteiger partial charge in [0.25, 0.3) is 0 Å². The molecule has 1 aliphatic carbocycles. The smallest absolute Gasteiger partial charge is 0.0353 e. The first-order valence-electron chi connectivity index (χ1n) is 8.60. The van der Waals surface area contributed by atoms with E-state index in [-0.39, 0.29) is 5.41 Å². The Morgan fingerprint density at radius 1 is 0.880 bits per heavy atom. The summed E-state index contributed by atoms with van der Waals surface area (Å²) in [7, 11) is 0. The van der Waals surface area contributed by atoms with Crippen LogP contribution in [0.5, 0.6) is 0 Å². The van der Waals surface area contributed by atoms with Crippen molar-refractivity contribution in [3.8, 4) is 11.1 Å². The number of hydrogen-bond acceptors (Lipinski definition) is 1. The van der Waals surface area contributed by atoms with Gasteiger partial charge in [-0.3, -0.25) is 4.98 Å². The zero-order valence-corrected chi connectivity index (χ0v) is 16.1. The second-order valence-electron chi connectivity index (χ2n) is 7.49. The Hall–Kier alpha value is -2.19. The molecule has 122 valence electrons.